The molecule has 0 aliphatic rings. The number of benzene rings is 2. The molecular formula is C22H24O5. The van der Waals surface area contributed by atoms with Crippen LogP contribution >= 0.6 is 0 Å². The van der Waals surface area contributed by atoms with Gasteiger partial charge in [-0.2, -0.15) is 0 Å². The fourth-order valence-electron chi connectivity index (χ4n) is 3.20. The molecule has 27 heavy (non-hydrogen) atoms. The minimum absolute atomic E-state index is 0.149. The van der Waals surface area contributed by atoms with Crippen LogP contribution in [0.3, 0.4) is 0 Å². The standard InChI is InChI=1S/C22H24O5/c1-4-5-6-7-14-10-15(8-9-19(14)26-3)20-13-18(24)22-17(23)11-16(25-2)12-21(22)27-20/h8-13,23H,4-7H2,1-3H3. The van der Waals surface area contributed by atoms with Crippen molar-refractivity contribution in [3.8, 4) is 28.6 Å². The number of aryl methyl sites for hydroxylation is 1. The van der Waals surface area contributed by atoms with Gasteiger partial charge in [-0.25, -0.2) is 0 Å². The third kappa shape index (κ3) is 3.92. The summed E-state index contributed by atoms with van der Waals surface area (Å²) < 4.78 is 16.5. The van der Waals surface area contributed by atoms with Crippen LogP contribution in [0.15, 0.2) is 45.6 Å². The molecule has 1 aromatic heterocycles. The van der Waals surface area contributed by atoms with Crippen LogP contribution < -0.4 is 14.9 Å². The van der Waals surface area contributed by atoms with Gasteiger partial charge in [0.05, 0.1) is 14.2 Å². The molecule has 0 saturated heterocycles. The molecular weight excluding hydrogens is 344 g/mol. The van der Waals surface area contributed by atoms with Crippen LogP contribution in [-0.2, 0) is 6.42 Å². The Bertz CT molecular complexity index is 1000. The second-order valence-corrected chi connectivity index (χ2v) is 6.48. The normalized spacial score (nSPS) is 10.9. The first-order valence-electron chi connectivity index (χ1n) is 9.09. The fourth-order valence-corrected chi connectivity index (χ4v) is 3.20. The number of phenolic OH excluding ortho intramolecular Hbond substituents is 1. The number of hydrogen-bond acceptors (Lipinski definition) is 5. The lowest BCUT2D eigenvalue weighted by molar-refractivity contribution is 0.408. The van der Waals surface area contributed by atoms with Crippen molar-refractivity contribution >= 4 is 11.0 Å². The Morgan fingerprint density at radius 1 is 1.04 bits per heavy atom. The molecule has 1 N–H and O–H groups in total. The quantitative estimate of drug-likeness (QED) is 0.600. The molecule has 0 atom stereocenters. The average molecular weight is 368 g/mol. The number of hydrogen-bond donors (Lipinski definition) is 1. The number of unbranched alkanes of at least 4 members (excludes halogenated alkanes) is 2. The number of rotatable bonds is 7. The highest BCUT2D eigenvalue weighted by molar-refractivity contribution is 5.86. The minimum atomic E-state index is -0.297. The van der Waals surface area contributed by atoms with Gasteiger partial charge in [0, 0.05) is 23.8 Å². The predicted molar refractivity (Wildman–Crippen MR) is 106 cm³/mol. The van der Waals surface area contributed by atoms with Gasteiger partial charge in [-0.05, 0) is 36.6 Å². The lowest BCUT2D eigenvalue weighted by atomic mass is 10.0. The molecule has 0 saturated carbocycles. The van der Waals surface area contributed by atoms with Crippen molar-refractivity contribution < 1.29 is 19.0 Å². The molecule has 1 heterocycles. The smallest absolute Gasteiger partial charge is 0.197 e. The zero-order valence-corrected chi connectivity index (χ0v) is 15.9. The van der Waals surface area contributed by atoms with E-state index in [1.807, 2.05) is 18.2 Å². The van der Waals surface area contributed by atoms with Crippen LogP contribution in [-0.4, -0.2) is 19.3 Å². The number of ether oxygens (including phenoxy) is 2. The van der Waals surface area contributed by atoms with Crippen LogP contribution in [0.25, 0.3) is 22.3 Å². The van der Waals surface area contributed by atoms with E-state index in [-0.39, 0.29) is 22.1 Å². The van der Waals surface area contributed by atoms with Gasteiger partial charge in [0.15, 0.2) is 5.43 Å². The number of aromatic hydroxyl groups is 1. The summed E-state index contributed by atoms with van der Waals surface area (Å²) in [5.74, 6) is 1.55. The Labute approximate surface area is 158 Å². The topological polar surface area (TPSA) is 68.9 Å². The van der Waals surface area contributed by atoms with E-state index in [4.69, 9.17) is 13.9 Å². The van der Waals surface area contributed by atoms with Crippen molar-refractivity contribution in [3.63, 3.8) is 0 Å². The van der Waals surface area contributed by atoms with Crippen LogP contribution in [0.2, 0.25) is 0 Å². The molecule has 2 aromatic carbocycles. The van der Waals surface area contributed by atoms with Crippen molar-refractivity contribution in [1.29, 1.82) is 0 Å². The van der Waals surface area contributed by atoms with E-state index in [9.17, 15) is 9.90 Å². The van der Waals surface area contributed by atoms with Gasteiger partial charge >= 0.3 is 0 Å². The summed E-state index contributed by atoms with van der Waals surface area (Å²) in [4.78, 5) is 12.5. The maximum atomic E-state index is 12.5. The van der Waals surface area contributed by atoms with Crippen LogP contribution in [0.4, 0.5) is 0 Å². The van der Waals surface area contributed by atoms with Gasteiger partial charge in [-0.15, -0.1) is 0 Å². The molecule has 0 unspecified atom stereocenters. The van der Waals surface area contributed by atoms with Crippen LogP contribution in [0, 0.1) is 0 Å². The average Bonchev–Trinajstić information content (AvgIpc) is 2.67. The van der Waals surface area contributed by atoms with E-state index in [1.165, 1.54) is 19.2 Å². The molecule has 142 valence electrons. The molecule has 0 aliphatic heterocycles. The lowest BCUT2D eigenvalue weighted by Crippen LogP contribution is -2.01. The maximum Gasteiger partial charge on any atom is 0.197 e. The third-order valence-electron chi connectivity index (χ3n) is 4.63. The van der Waals surface area contributed by atoms with Crippen molar-refractivity contribution in [2.24, 2.45) is 0 Å². The molecule has 0 radical (unpaired) electrons. The van der Waals surface area contributed by atoms with Gasteiger partial charge in [0.1, 0.15) is 34.0 Å². The Balaban J connectivity index is 2.09. The molecule has 3 rings (SSSR count). The Hall–Kier alpha value is -2.95. The molecule has 5 nitrogen and oxygen atoms in total. The Kier molecular flexibility index (Phi) is 5.69. The highest BCUT2D eigenvalue weighted by atomic mass is 16.5. The first kappa shape index (κ1) is 18.8. The van der Waals surface area contributed by atoms with Crippen molar-refractivity contribution in [2.75, 3.05) is 14.2 Å². The summed E-state index contributed by atoms with van der Waals surface area (Å²) in [6, 6.07) is 10.2. The summed E-state index contributed by atoms with van der Waals surface area (Å²) in [6.07, 6.45) is 4.27. The van der Waals surface area contributed by atoms with Gasteiger partial charge in [-0.3, -0.25) is 4.79 Å². The highest BCUT2D eigenvalue weighted by Gasteiger charge is 2.14. The van der Waals surface area contributed by atoms with Gasteiger partial charge in [0.25, 0.3) is 0 Å². The van der Waals surface area contributed by atoms with Crippen LogP contribution in [0.5, 0.6) is 17.2 Å². The third-order valence-corrected chi connectivity index (χ3v) is 4.63. The second kappa shape index (κ2) is 8.16. The summed E-state index contributed by atoms with van der Waals surface area (Å²) in [6.45, 7) is 2.17. The van der Waals surface area contributed by atoms with E-state index < -0.39 is 0 Å². The van der Waals surface area contributed by atoms with Gasteiger partial charge in [0.2, 0.25) is 0 Å². The molecule has 5 heteroatoms. The van der Waals surface area contributed by atoms with Crippen molar-refractivity contribution in [1.82, 2.24) is 0 Å². The number of methoxy groups -OCH3 is 2. The van der Waals surface area contributed by atoms with E-state index in [2.05, 4.69) is 6.92 Å². The van der Waals surface area contributed by atoms with Gasteiger partial charge in [-0.1, -0.05) is 19.8 Å². The first-order chi connectivity index (χ1) is 13.1. The fraction of sp³-hybridized carbons (Fsp3) is 0.318. The molecule has 0 bridgehead atoms. The molecule has 0 spiro atoms. The van der Waals surface area contributed by atoms with E-state index in [0.717, 1.165) is 42.6 Å². The van der Waals surface area contributed by atoms with Gasteiger partial charge < -0.3 is 19.0 Å². The van der Waals surface area contributed by atoms with Crippen LogP contribution in [0.1, 0.15) is 31.7 Å². The molecule has 0 aliphatic carbocycles. The number of fused-ring (bicyclic) bond motifs is 1. The molecule has 0 fully saturated rings. The summed E-state index contributed by atoms with van der Waals surface area (Å²) >= 11 is 0. The van der Waals surface area contributed by atoms with E-state index in [1.54, 1.807) is 13.2 Å². The SMILES string of the molecule is CCCCCc1cc(-c2cc(=O)c3c(O)cc(OC)cc3o2)ccc1OC. The minimum Gasteiger partial charge on any atom is -0.507 e. The largest absolute Gasteiger partial charge is 0.507 e. The molecule has 0 amide bonds. The summed E-state index contributed by atoms with van der Waals surface area (Å²) in [5.41, 5.74) is 1.87. The Morgan fingerprint density at radius 2 is 1.85 bits per heavy atom. The number of phenols is 1. The highest BCUT2D eigenvalue weighted by Crippen LogP contribution is 2.32. The lowest BCUT2D eigenvalue weighted by Gasteiger charge is -2.11. The predicted octanol–water partition coefficient (Wildman–Crippen LogP) is 4.92. The van der Waals surface area contributed by atoms with E-state index >= 15 is 0 Å². The van der Waals surface area contributed by atoms with Crippen molar-refractivity contribution in [2.45, 2.75) is 32.6 Å². The zero-order valence-electron chi connectivity index (χ0n) is 15.9. The maximum absolute atomic E-state index is 12.5. The van der Waals surface area contributed by atoms with E-state index in [0.29, 0.717) is 11.5 Å². The first-order valence-corrected chi connectivity index (χ1v) is 9.09. The molecule has 3 aromatic rings. The summed E-state index contributed by atoms with van der Waals surface area (Å²) in [5, 5.41) is 10.3. The second-order valence-electron chi connectivity index (χ2n) is 6.48. The Morgan fingerprint density at radius 3 is 2.56 bits per heavy atom. The van der Waals surface area contributed by atoms with Crippen molar-refractivity contribution in [3.05, 3.63) is 52.2 Å². The zero-order chi connectivity index (χ0) is 19.4. The summed E-state index contributed by atoms with van der Waals surface area (Å²) in [7, 11) is 3.15. The monoisotopic (exact) mass is 368 g/mol.